The van der Waals surface area contributed by atoms with Crippen LogP contribution in [0.5, 0.6) is 5.75 Å². The maximum absolute atomic E-state index is 13.4. The summed E-state index contributed by atoms with van der Waals surface area (Å²) in [6.07, 6.45) is 7.14. The SMILES string of the molecule is COc1ccc(-c2ccc(=O)n(-c3c(C)noc3C)n2)cc1S(=O)(=O)NC1CCCCCCC1. The maximum atomic E-state index is 13.4. The number of methoxy groups -OCH3 is 1. The molecule has 0 radical (unpaired) electrons. The van der Waals surface area contributed by atoms with Crippen molar-refractivity contribution in [2.75, 3.05) is 7.11 Å². The molecule has 34 heavy (non-hydrogen) atoms. The monoisotopic (exact) mass is 486 g/mol. The average molecular weight is 487 g/mol. The van der Waals surface area contributed by atoms with Crippen molar-refractivity contribution in [2.45, 2.75) is 69.7 Å². The first kappa shape index (κ1) is 24.2. The van der Waals surface area contributed by atoms with Gasteiger partial charge in [-0.05, 0) is 51.0 Å². The fourth-order valence-corrected chi connectivity index (χ4v) is 5.91. The number of ether oxygens (including phenoxy) is 1. The zero-order valence-corrected chi connectivity index (χ0v) is 20.5. The van der Waals surface area contributed by atoms with E-state index in [9.17, 15) is 13.2 Å². The molecule has 1 fully saturated rings. The van der Waals surface area contributed by atoms with Gasteiger partial charge in [0.05, 0.1) is 12.8 Å². The van der Waals surface area contributed by atoms with Gasteiger partial charge in [-0.3, -0.25) is 4.79 Å². The first-order valence-electron chi connectivity index (χ1n) is 11.5. The Labute approximate surface area is 199 Å². The molecule has 2 heterocycles. The molecule has 1 aliphatic carbocycles. The Morgan fingerprint density at radius 1 is 1.06 bits per heavy atom. The molecule has 1 aromatic carbocycles. The molecule has 0 amide bonds. The number of nitrogens with one attached hydrogen (secondary N) is 1. The molecule has 0 aliphatic heterocycles. The van der Waals surface area contributed by atoms with Gasteiger partial charge in [-0.15, -0.1) is 0 Å². The maximum Gasteiger partial charge on any atom is 0.271 e. The minimum absolute atomic E-state index is 0.0476. The van der Waals surface area contributed by atoms with Crippen molar-refractivity contribution in [3.8, 4) is 22.7 Å². The molecular weight excluding hydrogens is 456 g/mol. The van der Waals surface area contributed by atoms with Crippen LogP contribution >= 0.6 is 0 Å². The van der Waals surface area contributed by atoms with Crippen LogP contribution in [0.1, 0.15) is 56.4 Å². The van der Waals surface area contributed by atoms with Crippen molar-refractivity contribution in [3.63, 3.8) is 0 Å². The number of hydrogen-bond donors (Lipinski definition) is 1. The summed E-state index contributed by atoms with van der Waals surface area (Å²) < 4.78 is 41.4. The van der Waals surface area contributed by atoms with Crippen molar-refractivity contribution in [1.82, 2.24) is 19.7 Å². The van der Waals surface area contributed by atoms with Crippen LogP contribution in [0, 0.1) is 13.8 Å². The molecule has 10 heteroatoms. The van der Waals surface area contributed by atoms with Crippen LogP contribution in [-0.2, 0) is 10.0 Å². The first-order chi connectivity index (χ1) is 16.3. The summed E-state index contributed by atoms with van der Waals surface area (Å²) in [5, 5.41) is 8.37. The third kappa shape index (κ3) is 5.07. The van der Waals surface area contributed by atoms with E-state index < -0.39 is 10.0 Å². The summed E-state index contributed by atoms with van der Waals surface area (Å²) in [5.41, 5.74) is 1.64. The molecule has 9 nitrogen and oxygen atoms in total. The minimum Gasteiger partial charge on any atom is -0.495 e. The number of benzene rings is 1. The average Bonchev–Trinajstić information content (AvgIpc) is 3.13. The van der Waals surface area contributed by atoms with Gasteiger partial charge in [-0.2, -0.15) is 9.78 Å². The zero-order chi connectivity index (χ0) is 24.3. The number of nitrogens with zero attached hydrogens (tertiary/aromatic N) is 3. The van der Waals surface area contributed by atoms with Crippen LogP contribution in [0.2, 0.25) is 0 Å². The highest BCUT2D eigenvalue weighted by Gasteiger charge is 2.25. The Bertz CT molecular complexity index is 1300. The van der Waals surface area contributed by atoms with E-state index in [1.54, 1.807) is 32.0 Å². The number of rotatable bonds is 6. The minimum atomic E-state index is -3.83. The summed E-state index contributed by atoms with van der Waals surface area (Å²) >= 11 is 0. The molecule has 0 bridgehead atoms. The van der Waals surface area contributed by atoms with Crippen LogP contribution in [0.25, 0.3) is 16.9 Å². The summed E-state index contributed by atoms with van der Waals surface area (Å²) in [5.74, 6) is 0.715. The topological polar surface area (TPSA) is 116 Å². The molecule has 1 N–H and O–H groups in total. The normalized spacial score (nSPS) is 15.6. The molecule has 1 saturated carbocycles. The van der Waals surface area contributed by atoms with E-state index in [2.05, 4.69) is 15.0 Å². The quantitative estimate of drug-likeness (QED) is 0.561. The smallest absolute Gasteiger partial charge is 0.271 e. The third-order valence-corrected chi connectivity index (χ3v) is 7.73. The second kappa shape index (κ2) is 10.1. The predicted octanol–water partition coefficient (Wildman–Crippen LogP) is 3.90. The highest BCUT2D eigenvalue weighted by molar-refractivity contribution is 7.89. The standard InChI is InChI=1S/C24H30N4O5S/c1-16-24(17(2)33-26-16)28-23(29)14-12-20(25-28)18-11-13-21(32-3)22(15-18)34(30,31)27-19-9-7-5-4-6-8-10-19/h11-15,19,27H,4-10H2,1-3H3. The van der Waals surface area contributed by atoms with Gasteiger partial charge in [0.2, 0.25) is 10.0 Å². The largest absolute Gasteiger partial charge is 0.495 e. The molecule has 0 spiro atoms. The third-order valence-electron chi connectivity index (χ3n) is 6.18. The van der Waals surface area contributed by atoms with Gasteiger partial charge in [-0.25, -0.2) is 13.1 Å². The Balaban J connectivity index is 1.72. The van der Waals surface area contributed by atoms with Gasteiger partial charge in [-0.1, -0.05) is 37.3 Å². The van der Waals surface area contributed by atoms with Gasteiger partial charge < -0.3 is 9.26 Å². The van der Waals surface area contributed by atoms with E-state index in [1.807, 2.05) is 0 Å². The molecular formula is C24H30N4O5S. The van der Waals surface area contributed by atoms with Crippen LogP contribution < -0.4 is 15.0 Å². The van der Waals surface area contributed by atoms with E-state index in [0.717, 1.165) is 38.5 Å². The van der Waals surface area contributed by atoms with Crippen molar-refractivity contribution >= 4 is 10.0 Å². The van der Waals surface area contributed by atoms with Gasteiger partial charge in [0.1, 0.15) is 22.0 Å². The Morgan fingerprint density at radius 2 is 1.76 bits per heavy atom. The first-order valence-corrected chi connectivity index (χ1v) is 13.0. The van der Waals surface area contributed by atoms with Gasteiger partial charge >= 0.3 is 0 Å². The number of sulfonamides is 1. The van der Waals surface area contributed by atoms with Crippen molar-refractivity contribution in [2.24, 2.45) is 0 Å². The highest BCUT2D eigenvalue weighted by Crippen LogP contribution is 2.30. The lowest BCUT2D eigenvalue weighted by Crippen LogP contribution is -2.35. The summed E-state index contributed by atoms with van der Waals surface area (Å²) in [4.78, 5) is 12.6. The molecule has 182 valence electrons. The van der Waals surface area contributed by atoms with Crippen LogP contribution in [-0.4, -0.2) is 36.5 Å². The number of aryl methyl sites for hydroxylation is 2. The lowest BCUT2D eigenvalue weighted by molar-refractivity contribution is 0.392. The van der Waals surface area contributed by atoms with Gasteiger partial charge in [0, 0.05) is 17.7 Å². The lowest BCUT2D eigenvalue weighted by atomic mass is 9.97. The Morgan fingerprint density at radius 3 is 2.41 bits per heavy atom. The molecule has 0 atom stereocenters. The van der Waals surface area contributed by atoms with Gasteiger partial charge in [0.15, 0.2) is 5.76 Å². The Kier molecular flexibility index (Phi) is 7.18. The summed E-state index contributed by atoms with van der Waals surface area (Å²) in [7, 11) is -2.39. The number of aromatic nitrogens is 3. The predicted molar refractivity (Wildman–Crippen MR) is 128 cm³/mol. The van der Waals surface area contributed by atoms with Gasteiger partial charge in [0.25, 0.3) is 5.56 Å². The van der Waals surface area contributed by atoms with E-state index in [1.165, 1.54) is 30.3 Å². The molecule has 2 aromatic heterocycles. The fourth-order valence-electron chi connectivity index (χ4n) is 4.41. The summed E-state index contributed by atoms with van der Waals surface area (Å²) in [6, 6.07) is 7.72. The molecule has 4 rings (SSSR count). The van der Waals surface area contributed by atoms with Crippen molar-refractivity contribution in [1.29, 1.82) is 0 Å². The van der Waals surface area contributed by atoms with Crippen LogP contribution in [0.4, 0.5) is 0 Å². The summed E-state index contributed by atoms with van der Waals surface area (Å²) in [6.45, 7) is 3.43. The fraction of sp³-hybridized carbons (Fsp3) is 0.458. The lowest BCUT2D eigenvalue weighted by Gasteiger charge is -2.22. The second-order valence-corrected chi connectivity index (χ2v) is 10.4. The van der Waals surface area contributed by atoms with Crippen LogP contribution in [0.15, 0.2) is 44.5 Å². The second-order valence-electron chi connectivity index (χ2n) is 8.67. The van der Waals surface area contributed by atoms with E-state index >= 15 is 0 Å². The van der Waals surface area contributed by atoms with E-state index in [0.29, 0.717) is 28.4 Å². The van der Waals surface area contributed by atoms with Crippen LogP contribution in [0.3, 0.4) is 0 Å². The molecule has 1 aliphatic rings. The van der Waals surface area contributed by atoms with E-state index in [4.69, 9.17) is 9.26 Å². The zero-order valence-electron chi connectivity index (χ0n) is 19.7. The number of hydrogen-bond acceptors (Lipinski definition) is 7. The van der Waals surface area contributed by atoms with E-state index in [-0.39, 0.29) is 22.2 Å². The molecule has 0 unspecified atom stereocenters. The molecule has 0 saturated heterocycles. The highest BCUT2D eigenvalue weighted by atomic mass is 32.2. The molecule has 3 aromatic rings. The van der Waals surface area contributed by atoms with Crippen molar-refractivity contribution in [3.05, 3.63) is 52.1 Å². The Hall–Kier alpha value is -2.98. The van der Waals surface area contributed by atoms with Crippen molar-refractivity contribution < 1.29 is 17.7 Å².